The van der Waals surface area contributed by atoms with Gasteiger partial charge in [0, 0.05) is 31.9 Å². The molecule has 1 saturated heterocycles. The highest BCUT2D eigenvalue weighted by Gasteiger charge is 2.36. The van der Waals surface area contributed by atoms with Crippen molar-refractivity contribution in [2.75, 3.05) is 31.1 Å². The fraction of sp³-hybridized carbons (Fsp3) is 0.333. The van der Waals surface area contributed by atoms with Crippen LogP contribution >= 0.6 is 0 Å². The molecule has 1 heterocycles. The molecular weight excluding hydrogens is 365 g/mol. The molecule has 0 unspecified atom stereocenters. The first-order chi connectivity index (χ1) is 12.2. The van der Waals surface area contributed by atoms with Gasteiger partial charge in [-0.15, -0.1) is 0 Å². The lowest BCUT2D eigenvalue weighted by Gasteiger charge is -2.36. The number of hydrogen-bond acceptors (Lipinski definition) is 3. The first kappa shape index (κ1) is 18.7. The van der Waals surface area contributed by atoms with Gasteiger partial charge in [0.2, 0.25) is 10.0 Å². The smallest absolute Gasteiger partial charge is 0.368 e. The van der Waals surface area contributed by atoms with E-state index in [-0.39, 0.29) is 36.8 Å². The van der Waals surface area contributed by atoms with Crippen LogP contribution in [0.4, 0.5) is 18.9 Å². The third-order valence-corrected chi connectivity index (χ3v) is 6.56. The zero-order chi connectivity index (χ0) is 18.9. The van der Waals surface area contributed by atoms with E-state index in [9.17, 15) is 21.6 Å². The summed E-state index contributed by atoms with van der Waals surface area (Å²) >= 11 is 0. The second-order valence-corrected chi connectivity index (χ2v) is 8.08. The fourth-order valence-corrected chi connectivity index (χ4v) is 4.79. The Bertz CT molecular complexity index is 889. The van der Waals surface area contributed by atoms with Crippen molar-refractivity contribution in [2.24, 2.45) is 0 Å². The summed E-state index contributed by atoms with van der Waals surface area (Å²) in [5.41, 5.74) is 0.0421. The molecule has 140 valence electrons. The number of piperazine rings is 1. The Hall–Kier alpha value is -2.06. The summed E-state index contributed by atoms with van der Waals surface area (Å²) in [6, 6.07) is 12.1. The van der Waals surface area contributed by atoms with Gasteiger partial charge in [0.1, 0.15) is 0 Å². The Kier molecular flexibility index (Phi) is 4.98. The van der Waals surface area contributed by atoms with Crippen LogP contribution in [0.2, 0.25) is 0 Å². The van der Waals surface area contributed by atoms with Crippen molar-refractivity contribution in [1.82, 2.24) is 4.31 Å². The molecule has 0 atom stereocenters. The number of anilines is 1. The molecule has 0 bridgehead atoms. The van der Waals surface area contributed by atoms with E-state index in [2.05, 4.69) is 0 Å². The molecule has 3 rings (SSSR count). The Morgan fingerprint density at radius 3 is 2.08 bits per heavy atom. The molecule has 1 aliphatic rings. The maximum Gasteiger partial charge on any atom is 0.418 e. The molecule has 0 spiro atoms. The lowest BCUT2D eigenvalue weighted by molar-refractivity contribution is -0.137. The molecule has 0 aliphatic carbocycles. The highest BCUT2D eigenvalue weighted by Crippen LogP contribution is 2.37. The van der Waals surface area contributed by atoms with Gasteiger partial charge in [-0.1, -0.05) is 30.3 Å². The summed E-state index contributed by atoms with van der Waals surface area (Å²) in [7, 11) is -3.65. The first-order valence-electron chi connectivity index (χ1n) is 8.18. The minimum Gasteiger partial charge on any atom is -0.368 e. The lowest BCUT2D eigenvalue weighted by atomic mass is 10.1. The molecule has 2 aromatic carbocycles. The van der Waals surface area contributed by atoms with Crippen molar-refractivity contribution in [3.8, 4) is 0 Å². The van der Waals surface area contributed by atoms with Crippen LogP contribution in [0.3, 0.4) is 0 Å². The molecule has 8 heteroatoms. The standard InChI is InChI=1S/C18H19F3N2O2S/c1-14-6-2-5-9-17(14)26(24,25)23-12-10-22(11-13-23)16-8-4-3-7-15(16)18(19,20)21/h2-9H,10-13H2,1H3. The van der Waals surface area contributed by atoms with Crippen LogP contribution in [-0.2, 0) is 16.2 Å². The number of aryl methyl sites for hydroxylation is 1. The number of rotatable bonds is 3. The van der Waals surface area contributed by atoms with Crippen LogP contribution in [0.15, 0.2) is 53.4 Å². The third kappa shape index (κ3) is 3.57. The van der Waals surface area contributed by atoms with Gasteiger partial charge in [0.25, 0.3) is 0 Å². The van der Waals surface area contributed by atoms with Crippen LogP contribution in [0, 0.1) is 6.92 Å². The molecule has 0 saturated carbocycles. The van der Waals surface area contributed by atoms with Crippen molar-refractivity contribution >= 4 is 15.7 Å². The fourth-order valence-electron chi connectivity index (χ4n) is 3.14. The summed E-state index contributed by atoms with van der Waals surface area (Å²) in [5.74, 6) is 0. The van der Waals surface area contributed by atoms with Crippen LogP contribution in [0.1, 0.15) is 11.1 Å². The molecule has 0 aromatic heterocycles. The van der Waals surface area contributed by atoms with Crippen molar-refractivity contribution < 1.29 is 21.6 Å². The SMILES string of the molecule is Cc1ccccc1S(=O)(=O)N1CCN(c2ccccc2C(F)(F)F)CC1. The van der Waals surface area contributed by atoms with Gasteiger partial charge >= 0.3 is 6.18 Å². The van der Waals surface area contributed by atoms with E-state index in [0.717, 1.165) is 6.07 Å². The minimum atomic E-state index is -4.44. The van der Waals surface area contributed by atoms with Crippen LogP contribution < -0.4 is 4.90 Å². The highest BCUT2D eigenvalue weighted by atomic mass is 32.2. The largest absolute Gasteiger partial charge is 0.418 e. The molecule has 1 aliphatic heterocycles. The van der Waals surface area contributed by atoms with Gasteiger partial charge in [-0.25, -0.2) is 8.42 Å². The number of alkyl halides is 3. The molecule has 2 aromatic rings. The van der Waals surface area contributed by atoms with Gasteiger partial charge in [-0.05, 0) is 30.7 Å². The average molecular weight is 384 g/mol. The Balaban J connectivity index is 1.80. The zero-order valence-corrected chi connectivity index (χ0v) is 15.0. The summed E-state index contributed by atoms with van der Waals surface area (Å²) < 4.78 is 66.6. The average Bonchev–Trinajstić information content (AvgIpc) is 2.61. The Morgan fingerprint density at radius 2 is 1.46 bits per heavy atom. The second-order valence-electron chi connectivity index (χ2n) is 6.17. The number of halogens is 3. The van der Waals surface area contributed by atoms with Crippen molar-refractivity contribution in [3.05, 3.63) is 59.7 Å². The summed E-state index contributed by atoms with van der Waals surface area (Å²) in [6.07, 6.45) is -4.44. The van der Waals surface area contributed by atoms with Crippen molar-refractivity contribution in [3.63, 3.8) is 0 Å². The van der Waals surface area contributed by atoms with Crippen LogP contribution in [-0.4, -0.2) is 38.9 Å². The van der Waals surface area contributed by atoms with E-state index in [4.69, 9.17) is 0 Å². The van der Waals surface area contributed by atoms with E-state index in [1.165, 1.54) is 16.4 Å². The Labute approximate surface area is 150 Å². The van der Waals surface area contributed by atoms with E-state index in [0.29, 0.717) is 5.56 Å². The third-order valence-electron chi connectivity index (χ3n) is 4.50. The van der Waals surface area contributed by atoms with E-state index < -0.39 is 21.8 Å². The monoisotopic (exact) mass is 384 g/mol. The van der Waals surface area contributed by atoms with Crippen LogP contribution in [0.5, 0.6) is 0 Å². The predicted octanol–water partition coefficient (Wildman–Crippen LogP) is 3.52. The molecule has 0 radical (unpaired) electrons. The lowest BCUT2D eigenvalue weighted by Crippen LogP contribution is -2.49. The minimum absolute atomic E-state index is 0.0907. The number of sulfonamides is 1. The number of nitrogens with zero attached hydrogens (tertiary/aromatic N) is 2. The van der Waals surface area contributed by atoms with E-state index in [1.54, 1.807) is 42.2 Å². The predicted molar refractivity (Wildman–Crippen MR) is 93.6 cm³/mol. The van der Waals surface area contributed by atoms with Gasteiger partial charge in [-0.2, -0.15) is 17.5 Å². The maximum atomic E-state index is 13.2. The molecule has 4 nitrogen and oxygen atoms in total. The quantitative estimate of drug-likeness (QED) is 0.813. The molecule has 26 heavy (non-hydrogen) atoms. The summed E-state index contributed by atoms with van der Waals surface area (Å²) in [5, 5.41) is 0. The van der Waals surface area contributed by atoms with Gasteiger partial charge in [0.05, 0.1) is 10.5 Å². The topological polar surface area (TPSA) is 40.6 Å². The first-order valence-corrected chi connectivity index (χ1v) is 9.62. The van der Waals surface area contributed by atoms with Gasteiger partial charge in [-0.3, -0.25) is 0 Å². The normalized spacial score (nSPS) is 16.7. The number of benzene rings is 2. The van der Waals surface area contributed by atoms with E-state index in [1.807, 2.05) is 0 Å². The van der Waals surface area contributed by atoms with Crippen molar-refractivity contribution in [1.29, 1.82) is 0 Å². The molecular formula is C18H19F3N2O2S. The summed E-state index contributed by atoms with van der Waals surface area (Å²) in [6.45, 7) is 2.42. The molecule has 1 fully saturated rings. The number of para-hydroxylation sites is 1. The van der Waals surface area contributed by atoms with Crippen LogP contribution in [0.25, 0.3) is 0 Å². The Morgan fingerprint density at radius 1 is 0.885 bits per heavy atom. The van der Waals surface area contributed by atoms with Gasteiger partial charge in [0.15, 0.2) is 0 Å². The highest BCUT2D eigenvalue weighted by molar-refractivity contribution is 7.89. The van der Waals surface area contributed by atoms with E-state index >= 15 is 0 Å². The zero-order valence-electron chi connectivity index (χ0n) is 14.2. The molecule has 0 N–H and O–H groups in total. The molecule has 0 amide bonds. The number of hydrogen-bond donors (Lipinski definition) is 0. The maximum absolute atomic E-state index is 13.2. The van der Waals surface area contributed by atoms with Gasteiger partial charge < -0.3 is 4.90 Å². The van der Waals surface area contributed by atoms with Crippen molar-refractivity contribution in [2.45, 2.75) is 18.0 Å². The summed E-state index contributed by atoms with van der Waals surface area (Å²) in [4.78, 5) is 1.83. The second kappa shape index (κ2) is 6.92.